The Morgan fingerprint density at radius 2 is 1.87 bits per heavy atom. The standard InChI is InChI=1S/C19H18N2O2/c1-20(2)12-8-9-14-15(10-12)19(22)23-18(14)16-11-21(3)17-7-5-4-6-13(16)17/h4-11,18H,1-3H3. The van der Waals surface area contributed by atoms with Gasteiger partial charge in [0.15, 0.2) is 6.10 Å². The van der Waals surface area contributed by atoms with Gasteiger partial charge < -0.3 is 14.2 Å². The fourth-order valence-corrected chi connectivity index (χ4v) is 3.27. The number of aromatic nitrogens is 1. The Bertz CT molecular complexity index is 924. The Morgan fingerprint density at radius 1 is 1.09 bits per heavy atom. The van der Waals surface area contributed by atoms with Crippen molar-refractivity contribution in [2.24, 2.45) is 7.05 Å². The average Bonchev–Trinajstić information content (AvgIpc) is 3.05. The molecule has 23 heavy (non-hydrogen) atoms. The predicted molar refractivity (Wildman–Crippen MR) is 90.9 cm³/mol. The molecule has 0 spiro atoms. The van der Waals surface area contributed by atoms with Crippen LogP contribution in [0.2, 0.25) is 0 Å². The van der Waals surface area contributed by atoms with Gasteiger partial charge in [0, 0.05) is 55.1 Å². The summed E-state index contributed by atoms with van der Waals surface area (Å²) in [6, 6.07) is 14.1. The molecule has 4 nitrogen and oxygen atoms in total. The first-order valence-corrected chi connectivity index (χ1v) is 7.62. The highest BCUT2D eigenvalue weighted by Gasteiger charge is 2.34. The minimum Gasteiger partial charge on any atom is -0.449 e. The van der Waals surface area contributed by atoms with Crippen LogP contribution in [0, 0.1) is 0 Å². The second-order valence-corrected chi connectivity index (χ2v) is 6.16. The van der Waals surface area contributed by atoms with Crippen LogP contribution in [0.5, 0.6) is 0 Å². The van der Waals surface area contributed by atoms with Crippen LogP contribution in [0.25, 0.3) is 10.9 Å². The van der Waals surface area contributed by atoms with E-state index in [1.807, 2.05) is 56.4 Å². The third kappa shape index (κ3) is 2.02. The Hall–Kier alpha value is -2.75. The van der Waals surface area contributed by atoms with E-state index in [4.69, 9.17) is 4.74 Å². The third-order valence-corrected chi connectivity index (χ3v) is 4.49. The van der Waals surface area contributed by atoms with E-state index < -0.39 is 0 Å². The SMILES string of the molecule is CN(C)c1ccc2c(c1)C(=O)OC2c1cn(C)c2ccccc12. The zero-order chi connectivity index (χ0) is 16.1. The molecule has 2 heterocycles. The molecule has 4 heteroatoms. The maximum Gasteiger partial charge on any atom is 0.339 e. The van der Waals surface area contributed by atoms with Gasteiger partial charge in [-0.3, -0.25) is 0 Å². The summed E-state index contributed by atoms with van der Waals surface area (Å²) in [4.78, 5) is 14.3. The van der Waals surface area contributed by atoms with Gasteiger partial charge >= 0.3 is 5.97 Å². The number of esters is 1. The first kappa shape index (κ1) is 13.9. The number of hydrogen-bond acceptors (Lipinski definition) is 3. The summed E-state index contributed by atoms with van der Waals surface area (Å²) in [5.74, 6) is -0.248. The summed E-state index contributed by atoms with van der Waals surface area (Å²) < 4.78 is 7.78. The molecule has 1 aliphatic heterocycles. The Kier molecular flexibility index (Phi) is 2.94. The van der Waals surface area contributed by atoms with Crippen molar-refractivity contribution in [2.45, 2.75) is 6.10 Å². The van der Waals surface area contributed by atoms with Crippen molar-refractivity contribution in [1.82, 2.24) is 4.57 Å². The van der Waals surface area contributed by atoms with E-state index in [0.29, 0.717) is 5.56 Å². The van der Waals surface area contributed by atoms with Gasteiger partial charge in [-0.05, 0) is 18.2 Å². The lowest BCUT2D eigenvalue weighted by Crippen LogP contribution is -2.09. The van der Waals surface area contributed by atoms with E-state index in [0.717, 1.165) is 27.7 Å². The van der Waals surface area contributed by atoms with Crippen molar-refractivity contribution in [3.05, 3.63) is 65.4 Å². The molecular weight excluding hydrogens is 288 g/mol. The maximum atomic E-state index is 12.3. The maximum absolute atomic E-state index is 12.3. The number of ether oxygens (including phenoxy) is 1. The quantitative estimate of drug-likeness (QED) is 0.680. The minimum atomic E-state index is -0.334. The summed E-state index contributed by atoms with van der Waals surface area (Å²) in [7, 11) is 5.94. The number of para-hydroxylation sites is 1. The van der Waals surface area contributed by atoms with Crippen LogP contribution >= 0.6 is 0 Å². The largest absolute Gasteiger partial charge is 0.449 e. The molecule has 1 aromatic heterocycles. The van der Waals surface area contributed by atoms with Gasteiger partial charge in [-0.1, -0.05) is 24.3 Å². The highest BCUT2D eigenvalue weighted by Crippen LogP contribution is 2.40. The number of carbonyl (C=O) groups excluding carboxylic acids is 1. The Labute approximate surface area is 134 Å². The predicted octanol–water partition coefficient (Wildman–Crippen LogP) is 3.50. The topological polar surface area (TPSA) is 34.5 Å². The first-order valence-electron chi connectivity index (χ1n) is 7.62. The number of aryl methyl sites for hydroxylation is 1. The van der Waals surface area contributed by atoms with Gasteiger partial charge in [0.2, 0.25) is 0 Å². The van der Waals surface area contributed by atoms with Crippen molar-refractivity contribution in [3.8, 4) is 0 Å². The number of fused-ring (bicyclic) bond motifs is 2. The van der Waals surface area contributed by atoms with Crippen molar-refractivity contribution in [3.63, 3.8) is 0 Å². The van der Waals surface area contributed by atoms with Crippen LogP contribution in [0.1, 0.15) is 27.6 Å². The first-order chi connectivity index (χ1) is 11.1. The molecule has 1 aliphatic rings. The van der Waals surface area contributed by atoms with Crippen molar-refractivity contribution in [2.75, 3.05) is 19.0 Å². The molecule has 0 fully saturated rings. The number of benzene rings is 2. The van der Waals surface area contributed by atoms with Gasteiger partial charge in [-0.25, -0.2) is 4.79 Å². The molecule has 4 rings (SSSR count). The van der Waals surface area contributed by atoms with E-state index in [2.05, 4.69) is 22.9 Å². The van der Waals surface area contributed by atoms with Gasteiger partial charge in [0.05, 0.1) is 5.56 Å². The van der Waals surface area contributed by atoms with Crippen LogP contribution in [-0.2, 0) is 11.8 Å². The Balaban J connectivity index is 1.88. The molecule has 1 unspecified atom stereocenters. The molecule has 0 saturated carbocycles. The van der Waals surface area contributed by atoms with E-state index in [9.17, 15) is 4.79 Å². The summed E-state index contributed by atoms with van der Waals surface area (Å²) in [5, 5.41) is 1.12. The second kappa shape index (κ2) is 4.88. The van der Waals surface area contributed by atoms with Crippen LogP contribution in [0.15, 0.2) is 48.7 Å². The lowest BCUT2D eigenvalue weighted by Gasteiger charge is -2.14. The number of nitrogens with zero attached hydrogens (tertiary/aromatic N) is 2. The van der Waals surface area contributed by atoms with Gasteiger partial charge in [-0.15, -0.1) is 0 Å². The molecule has 1 atom stereocenters. The van der Waals surface area contributed by atoms with E-state index >= 15 is 0 Å². The normalized spacial score (nSPS) is 16.5. The van der Waals surface area contributed by atoms with Crippen molar-refractivity contribution >= 4 is 22.6 Å². The number of hydrogen-bond donors (Lipinski definition) is 0. The van der Waals surface area contributed by atoms with E-state index in [1.165, 1.54) is 0 Å². The molecule has 0 bridgehead atoms. The van der Waals surface area contributed by atoms with Gasteiger partial charge in [0.25, 0.3) is 0 Å². The summed E-state index contributed by atoms with van der Waals surface area (Å²) >= 11 is 0. The molecule has 0 saturated heterocycles. The van der Waals surface area contributed by atoms with E-state index in [-0.39, 0.29) is 12.1 Å². The summed E-state index contributed by atoms with van der Waals surface area (Å²) in [6.07, 6.45) is 1.72. The molecule has 0 N–H and O–H groups in total. The fraction of sp³-hybridized carbons (Fsp3) is 0.211. The number of carbonyl (C=O) groups is 1. The smallest absolute Gasteiger partial charge is 0.339 e. The lowest BCUT2D eigenvalue weighted by atomic mass is 9.98. The fourth-order valence-electron chi connectivity index (χ4n) is 3.27. The average molecular weight is 306 g/mol. The number of cyclic esters (lactones) is 1. The highest BCUT2D eigenvalue weighted by atomic mass is 16.5. The Morgan fingerprint density at radius 3 is 2.65 bits per heavy atom. The zero-order valence-electron chi connectivity index (χ0n) is 13.4. The van der Waals surface area contributed by atoms with Crippen molar-refractivity contribution in [1.29, 1.82) is 0 Å². The van der Waals surface area contributed by atoms with Gasteiger partial charge in [0.1, 0.15) is 0 Å². The van der Waals surface area contributed by atoms with Crippen LogP contribution in [-0.4, -0.2) is 24.6 Å². The molecule has 0 radical (unpaired) electrons. The molecular formula is C19H18N2O2. The molecule has 0 aliphatic carbocycles. The minimum absolute atomic E-state index is 0.248. The molecule has 2 aromatic carbocycles. The lowest BCUT2D eigenvalue weighted by molar-refractivity contribution is 0.0458. The van der Waals surface area contributed by atoms with Crippen LogP contribution in [0.3, 0.4) is 0 Å². The van der Waals surface area contributed by atoms with Crippen LogP contribution < -0.4 is 4.90 Å². The number of rotatable bonds is 2. The highest BCUT2D eigenvalue weighted by molar-refractivity contribution is 5.97. The van der Waals surface area contributed by atoms with Gasteiger partial charge in [-0.2, -0.15) is 0 Å². The summed E-state index contributed by atoms with van der Waals surface area (Å²) in [5.41, 5.74) is 4.77. The molecule has 0 amide bonds. The van der Waals surface area contributed by atoms with Crippen molar-refractivity contribution < 1.29 is 9.53 Å². The summed E-state index contributed by atoms with van der Waals surface area (Å²) in [6.45, 7) is 0. The third-order valence-electron chi connectivity index (χ3n) is 4.49. The number of anilines is 1. The second-order valence-electron chi connectivity index (χ2n) is 6.16. The van der Waals surface area contributed by atoms with Crippen LogP contribution in [0.4, 0.5) is 5.69 Å². The molecule has 116 valence electrons. The van der Waals surface area contributed by atoms with E-state index in [1.54, 1.807) is 0 Å². The zero-order valence-corrected chi connectivity index (χ0v) is 13.4. The monoisotopic (exact) mass is 306 g/mol. The molecule has 3 aromatic rings.